The van der Waals surface area contributed by atoms with Crippen LogP contribution < -0.4 is 24.8 Å². The summed E-state index contributed by atoms with van der Waals surface area (Å²) >= 11 is -4.54. The first-order chi connectivity index (χ1) is 12.5. The Balaban J connectivity index is 0.00000420. The van der Waals surface area contributed by atoms with E-state index in [1.54, 1.807) is 41.5 Å². The fourth-order valence-electron chi connectivity index (χ4n) is 4.39. The molecule has 170 valence electrons. The molecule has 0 spiro atoms. The van der Waals surface area contributed by atoms with Gasteiger partial charge in [0.05, 0.1) is 0 Å². The van der Waals surface area contributed by atoms with Crippen LogP contribution in [-0.4, -0.2) is 15.6 Å². The first-order valence-electron chi connectivity index (χ1n) is 9.19. The molecule has 0 bridgehead atoms. The van der Waals surface area contributed by atoms with E-state index in [9.17, 15) is 26.3 Å². The van der Waals surface area contributed by atoms with Crippen LogP contribution in [0, 0.1) is 11.8 Å². The number of alkyl halides is 6. The fourth-order valence-corrected chi connectivity index (χ4v) is 13.8. The number of hydrogen-bond acceptors (Lipinski definition) is 0. The van der Waals surface area contributed by atoms with E-state index >= 15 is 0 Å². The van der Waals surface area contributed by atoms with Crippen LogP contribution in [0.3, 0.4) is 0 Å². The van der Waals surface area contributed by atoms with Gasteiger partial charge in [0.25, 0.3) is 0 Å². The van der Waals surface area contributed by atoms with Crippen molar-refractivity contribution in [3.05, 3.63) is 40.0 Å². The van der Waals surface area contributed by atoms with Crippen LogP contribution in [0.4, 0.5) is 26.3 Å². The minimum atomic E-state index is -5.39. The first kappa shape index (κ1) is 29.9. The minimum absolute atomic E-state index is 0. The fraction of sp³-hybridized carbons (Fsp3) is 0.571. The maximum Gasteiger partial charge on any atom is -1.00 e. The molecule has 2 atom stereocenters. The molecule has 0 aliphatic heterocycles. The zero-order valence-corrected chi connectivity index (χ0v) is 22.1. The summed E-state index contributed by atoms with van der Waals surface area (Å²) in [5, 5.41) is 0. The third kappa shape index (κ3) is 4.93. The van der Waals surface area contributed by atoms with Gasteiger partial charge in [0.1, 0.15) is 0 Å². The molecule has 0 amide bonds. The van der Waals surface area contributed by atoms with Gasteiger partial charge in [0.15, 0.2) is 0 Å². The monoisotopic (exact) mass is 552 g/mol. The smallest absolute Gasteiger partial charge is 1.00 e. The van der Waals surface area contributed by atoms with Crippen molar-refractivity contribution in [1.82, 2.24) is 0 Å². The Labute approximate surface area is 194 Å². The molecular formula is C21H26Cl2F6Zr. The van der Waals surface area contributed by atoms with Crippen LogP contribution in [0.5, 0.6) is 0 Å². The molecule has 0 radical (unpaired) electrons. The molecule has 0 N–H and O–H groups in total. The Morgan fingerprint density at radius 3 is 1.03 bits per heavy atom. The van der Waals surface area contributed by atoms with E-state index in [-0.39, 0.29) is 36.6 Å². The molecule has 2 aliphatic carbocycles. The number of allylic oxidation sites excluding steroid dienone is 8. The van der Waals surface area contributed by atoms with Crippen LogP contribution >= 0.6 is 0 Å². The van der Waals surface area contributed by atoms with Gasteiger partial charge in [0.2, 0.25) is 0 Å². The van der Waals surface area contributed by atoms with Crippen molar-refractivity contribution in [3.63, 3.8) is 0 Å². The largest absolute Gasteiger partial charge is 1.00 e. The van der Waals surface area contributed by atoms with Crippen molar-refractivity contribution in [3.8, 4) is 0 Å². The Hall–Kier alpha value is -0.127. The molecule has 0 aromatic carbocycles. The molecule has 0 saturated carbocycles. The van der Waals surface area contributed by atoms with Gasteiger partial charge in [-0.3, -0.25) is 0 Å². The molecule has 2 aliphatic rings. The molecule has 9 heteroatoms. The van der Waals surface area contributed by atoms with E-state index in [2.05, 4.69) is 0 Å². The average Bonchev–Trinajstić information content (AvgIpc) is 2.84. The minimum Gasteiger partial charge on any atom is -1.00 e. The van der Waals surface area contributed by atoms with E-state index in [0.717, 1.165) is 22.3 Å². The number of rotatable bonds is 2. The van der Waals surface area contributed by atoms with Gasteiger partial charge in [-0.15, -0.1) is 0 Å². The van der Waals surface area contributed by atoms with Crippen molar-refractivity contribution in [1.29, 1.82) is 0 Å². The van der Waals surface area contributed by atoms with E-state index in [1.807, 2.05) is 13.8 Å². The van der Waals surface area contributed by atoms with Crippen molar-refractivity contribution in [2.24, 2.45) is 11.8 Å². The van der Waals surface area contributed by atoms with Crippen molar-refractivity contribution in [2.45, 2.75) is 67.7 Å². The summed E-state index contributed by atoms with van der Waals surface area (Å²) in [4.78, 5) is 0. The van der Waals surface area contributed by atoms with Gasteiger partial charge in [-0.1, -0.05) is 0 Å². The maximum atomic E-state index is 13.9. The molecule has 2 unspecified atom stereocenters. The van der Waals surface area contributed by atoms with Gasteiger partial charge in [0, 0.05) is 0 Å². The predicted octanol–water partition coefficient (Wildman–Crippen LogP) is 1.43. The molecule has 0 nitrogen and oxygen atoms in total. The summed E-state index contributed by atoms with van der Waals surface area (Å²) in [7, 11) is 0. The molecule has 30 heavy (non-hydrogen) atoms. The topological polar surface area (TPSA) is 0 Å². The quantitative estimate of drug-likeness (QED) is 0.454. The van der Waals surface area contributed by atoms with Crippen molar-refractivity contribution < 1.29 is 72.4 Å². The van der Waals surface area contributed by atoms with E-state index in [0.29, 0.717) is 17.7 Å². The Morgan fingerprint density at radius 1 is 0.600 bits per heavy atom. The standard InChI is InChI=1S/2C9H13.C3F6.2ClH.Zr/c2*1-6-5-7(2)9(4)8(6)3;4-2(5,6)1-3(7,8)9;;;/h2*6H,1-4H3;;2*1H;/q;;;;;+2/p-2. The Morgan fingerprint density at radius 2 is 0.867 bits per heavy atom. The Kier molecular flexibility index (Phi) is 9.75. The summed E-state index contributed by atoms with van der Waals surface area (Å²) in [5.41, 5.74) is 4.66. The molecule has 0 fully saturated rings. The summed E-state index contributed by atoms with van der Waals surface area (Å²) in [6, 6.07) is 0. The van der Waals surface area contributed by atoms with E-state index in [4.69, 9.17) is 0 Å². The first-order valence-corrected chi connectivity index (χ1v) is 12.9. The molecule has 2 rings (SSSR count). The third-order valence-electron chi connectivity index (χ3n) is 6.64. The normalized spacial score (nSPS) is 22.3. The van der Waals surface area contributed by atoms with E-state index in [1.165, 1.54) is 0 Å². The molecule has 0 aromatic heterocycles. The summed E-state index contributed by atoms with van der Waals surface area (Å²) in [6.07, 6.45) is -10.8. The third-order valence-corrected chi connectivity index (χ3v) is 15.9. The molecule has 0 heterocycles. The van der Waals surface area contributed by atoms with Crippen LogP contribution in [0.25, 0.3) is 0 Å². The van der Waals surface area contributed by atoms with Crippen LogP contribution in [0.15, 0.2) is 40.0 Å². The second kappa shape index (κ2) is 9.79. The van der Waals surface area contributed by atoms with Crippen LogP contribution in [-0.2, 0) is 21.3 Å². The van der Waals surface area contributed by atoms with Gasteiger partial charge < -0.3 is 24.8 Å². The van der Waals surface area contributed by atoms with E-state index < -0.39 is 36.8 Å². The molecule has 0 aromatic rings. The van der Waals surface area contributed by atoms with Crippen LogP contribution in [0.2, 0.25) is 0 Å². The molecule has 0 saturated heterocycles. The van der Waals surface area contributed by atoms with Crippen LogP contribution in [0.1, 0.15) is 55.4 Å². The Bertz CT molecular complexity index is 812. The van der Waals surface area contributed by atoms with Gasteiger partial charge >= 0.3 is 170 Å². The zero-order chi connectivity index (χ0) is 21.9. The zero-order valence-electron chi connectivity index (χ0n) is 18.2. The predicted molar refractivity (Wildman–Crippen MR) is 97.6 cm³/mol. The number of halogens is 8. The van der Waals surface area contributed by atoms with Crippen molar-refractivity contribution >= 4 is 3.21 Å². The summed E-state index contributed by atoms with van der Waals surface area (Å²) < 4.78 is 82.1. The SMILES string of the molecule is CC1=C(C)C(C)[C]([Zr+2]([C]2=C(C)C(C)=C(C)C2C)=[C](C(F)(F)F)C(F)(F)F)=C1C.[Cl-].[Cl-]. The van der Waals surface area contributed by atoms with Gasteiger partial charge in [-0.05, 0) is 0 Å². The molecular weight excluding hydrogens is 528 g/mol. The second-order valence-corrected chi connectivity index (χ2v) is 13.6. The van der Waals surface area contributed by atoms with Gasteiger partial charge in [-0.2, -0.15) is 0 Å². The number of hydrogen-bond donors (Lipinski definition) is 0. The maximum absolute atomic E-state index is 13.9. The average molecular weight is 555 g/mol. The summed E-state index contributed by atoms with van der Waals surface area (Å²) in [5.74, 6) is -0.773. The second-order valence-electron chi connectivity index (χ2n) is 7.88. The van der Waals surface area contributed by atoms with Crippen molar-refractivity contribution in [2.75, 3.05) is 0 Å². The van der Waals surface area contributed by atoms with Gasteiger partial charge in [-0.25, -0.2) is 0 Å². The summed E-state index contributed by atoms with van der Waals surface area (Å²) in [6.45, 7) is 14.1.